The van der Waals surface area contributed by atoms with E-state index in [1.54, 1.807) is 30.3 Å². The molecule has 0 aromatic heterocycles. The first-order valence-electron chi connectivity index (χ1n) is 7.29. The van der Waals surface area contributed by atoms with Crippen molar-refractivity contribution in [2.24, 2.45) is 5.73 Å². The van der Waals surface area contributed by atoms with Gasteiger partial charge >= 0.3 is 6.03 Å². The van der Waals surface area contributed by atoms with E-state index in [1.165, 1.54) is 6.08 Å². The number of ether oxygens (including phenoxy) is 1. The molecule has 6 nitrogen and oxygen atoms in total. The lowest BCUT2D eigenvalue weighted by Gasteiger charge is -2.10. The first-order valence-corrected chi connectivity index (χ1v) is 8.74. The van der Waals surface area contributed by atoms with E-state index in [1.807, 2.05) is 23.5 Å². The molecule has 0 radical (unpaired) electrons. The van der Waals surface area contributed by atoms with E-state index in [0.29, 0.717) is 22.9 Å². The summed E-state index contributed by atoms with van der Waals surface area (Å²) in [6.45, 7) is 0.315. The van der Waals surface area contributed by atoms with Crippen molar-refractivity contribution >= 4 is 52.2 Å². The minimum absolute atomic E-state index is 0.232. The van der Waals surface area contributed by atoms with Crippen LogP contribution in [-0.4, -0.2) is 11.9 Å². The normalized spacial score (nSPS) is 10.7. The number of halogens is 2. The van der Waals surface area contributed by atoms with E-state index in [4.69, 9.17) is 27.3 Å². The molecular weight excluding hydrogens is 469 g/mol. The van der Waals surface area contributed by atoms with Gasteiger partial charge in [-0.2, -0.15) is 5.26 Å². The molecule has 0 saturated carbocycles. The molecule has 3 amide bonds. The van der Waals surface area contributed by atoms with Gasteiger partial charge in [0.2, 0.25) is 0 Å². The SMILES string of the molecule is N#C/C(=C/c1ccc(OCc2ccccc2Cl)c(I)c1)C(=O)NC(N)=O. The Labute approximate surface area is 168 Å². The van der Waals surface area contributed by atoms with E-state index < -0.39 is 11.9 Å². The number of nitrogens with zero attached hydrogens (tertiary/aromatic N) is 1. The fraction of sp³-hybridized carbons (Fsp3) is 0.0556. The number of primary amides is 1. The number of nitrogens with one attached hydrogen (secondary N) is 1. The maximum Gasteiger partial charge on any atom is 0.319 e. The van der Waals surface area contributed by atoms with Crippen molar-refractivity contribution in [3.05, 3.63) is 67.8 Å². The highest BCUT2D eigenvalue weighted by Crippen LogP contribution is 2.25. The molecule has 0 unspecified atom stereocenters. The van der Waals surface area contributed by atoms with E-state index in [0.717, 1.165) is 9.13 Å². The lowest BCUT2D eigenvalue weighted by molar-refractivity contribution is -0.115. The first kappa shape index (κ1) is 19.8. The standard InChI is InChI=1S/C18H13ClIN3O3/c19-14-4-2-1-3-12(14)10-26-16-6-5-11(8-15(16)20)7-13(9-21)17(24)23-18(22)25/h1-8H,10H2,(H3,22,23,24,25)/b13-7-. The quantitative estimate of drug-likeness (QED) is 0.386. The van der Waals surface area contributed by atoms with Crippen LogP contribution in [0.1, 0.15) is 11.1 Å². The van der Waals surface area contributed by atoms with Crippen molar-refractivity contribution in [3.8, 4) is 11.8 Å². The van der Waals surface area contributed by atoms with Crippen LogP contribution < -0.4 is 15.8 Å². The second-order valence-electron chi connectivity index (χ2n) is 5.06. The maximum atomic E-state index is 11.7. The molecule has 0 saturated heterocycles. The Bertz CT molecular complexity index is 922. The van der Waals surface area contributed by atoms with Gasteiger partial charge in [0, 0.05) is 10.6 Å². The number of carbonyl (C=O) groups excluding carboxylic acids is 2. The Balaban J connectivity index is 2.15. The minimum Gasteiger partial charge on any atom is -0.488 e. The Morgan fingerprint density at radius 2 is 2.04 bits per heavy atom. The molecule has 2 aromatic rings. The Morgan fingerprint density at radius 3 is 2.65 bits per heavy atom. The first-order chi connectivity index (χ1) is 12.4. The Hall–Kier alpha value is -2.57. The molecule has 26 heavy (non-hydrogen) atoms. The van der Waals surface area contributed by atoms with E-state index in [-0.39, 0.29) is 5.57 Å². The molecule has 2 rings (SSSR count). The molecule has 0 spiro atoms. The summed E-state index contributed by atoms with van der Waals surface area (Å²) < 4.78 is 6.56. The lowest BCUT2D eigenvalue weighted by atomic mass is 10.1. The molecule has 132 valence electrons. The van der Waals surface area contributed by atoms with Crippen LogP contribution in [0.15, 0.2) is 48.0 Å². The fourth-order valence-corrected chi connectivity index (χ4v) is 2.87. The van der Waals surface area contributed by atoms with Gasteiger partial charge in [0.1, 0.15) is 24.0 Å². The summed E-state index contributed by atoms with van der Waals surface area (Å²) in [5.41, 5.74) is 6.12. The van der Waals surface area contributed by atoms with Crippen LogP contribution in [0, 0.1) is 14.9 Å². The number of amides is 3. The predicted molar refractivity (Wildman–Crippen MR) is 106 cm³/mol. The summed E-state index contributed by atoms with van der Waals surface area (Å²) in [6.07, 6.45) is 1.36. The van der Waals surface area contributed by atoms with Crippen molar-refractivity contribution in [1.29, 1.82) is 5.26 Å². The van der Waals surface area contributed by atoms with Gasteiger partial charge in [-0.3, -0.25) is 10.1 Å². The minimum atomic E-state index is -1.02. The van der Waals surface area contributed by atoms with Crippen LogP contribution in [0.2, 0.25) is 5.02 Å². The second kappa shape index (κ2) is 9.22. The molecule has 0 atom stereocenters. The van der Waals surface area contributed by atoms with Gasteiger partial charge in [-0.25, -0.2) is 4.79 Å². The molecule has 0 bridgehead atoms. The third kappa shape index (κ3) is 5.47. The van der Waals surface area contributed by atoms with E-state index in [2.05, 4.69) is 22.6 Å². The van der Waals surface area contributed by atoms with Gasteiger partial charge < -0.3 is 10.5 Å². The Kier molecular flexibility index (Phi) is 7.00. The number of nitriles is 1. The summed E-state index contributed by atoms with van der Waals surface area (Å²) >= 11 is 8.19. The molecule has 0 aliphatic rings. The van der Waals surface area contributed by atoms with Crippen molar-refractivity contribution in [3.63, 3.8) is 0 Å². The largest absolute Gasteiger partial charge is 0.488 e. The zero-order chi connectivity index (χ0) is 19.1. The average molecular weight is 482 g/mol. The second-order valence-corrected chi connectivity index (χ2v) is 6.63. The zero-order valence-corrected chi connectivity index (χ0v) is 16.2. The molecular formula is C18H13ClIN3O3. The van der Waals surface area contributed by atoms with Gasteiger partial charge in [-0.1, -0.05) is 35.9 Å². The highest BCUT2D eigenvalue weighted by molar-refractivity contribution is 14.1. The number of hydrogen-bond acceptors (Lipinski definition) is 4. The number of hydrogen-bond donors (Lipinski definition) is 2. The van der Waals surface area contributed by atoms with Crippen molar-refractivity contribution < 1.29 is 14.3 Å². The molecule has 0 aliphatic carbocycles. The number of nitrogens with two attached hydrogens (primary N) is 1. The third-order valence-electron chi connectivity index (χ3n) is 3.21. The number of carbonyl (C=O) groups is 2. The summed E-state index contributed by atoms with van der Waals surface area (Å²) in [5.74, 6) is -0.211. The lowest BCUT2D eigenvalue weighted by Crippen LogP contribution is -2.35. The summed E-state index contributed by atoms with van der Waals surface area (Å²) in [4.78, 5) is 22.4. The molecule has 0 fully saturated rings. The number of imide groups is 1. The van der Waals surface area contributed by atoms with Gasteiger partial charge in [-0.15, -0.1) is 0 Å². The van der Waals surface area contributed by atoms with Crippen LogP contribution in [0.25, 0.3) is 6.08 Å². The van der Waals surface area contributed by atoms with Crippen LogP contribution in [0.4, 0.5) is 4.79 Å². The van der Waals surface area contributed by atoms with Gasteiger partial charge in [-0.05, 0) is 52.4 Å². The van der Waals surface area contributed by atoms with Crippen LogP contribution in [0.3, 0.4) is 0 Å². The highest BCUT2D eigenvalue weighted by Gasteiger charge is 2.11. The maximum absolute atomic E-state index is 11.7. The smallest absolute Gasteiger partial charge is 0.319 e. The van der Waals surface area contributed by atoms with Crippen LogP contribution in [0.5, 0.6) is 5.75 Å². The Morgan fingerprint density at radius 1 is 1.31 bits per heavy atom. The molecule has 8 heteroatoms. The number of benzene rings is 2. The van der Waals surface area contributed by atoms with Crippen LogP contribution >= 0.6 is 34.2 Å². The summed E-state index contributed by atoms with van der Waals surface area (Å²) in [5, 5.41) is 11.5. The molecule has 3 N–H and O–H groups in total. The summed E-state index contributed by atoms with van der Waals surface area (Å²) in [6, 6.07) is 13.3. The van der Waals surface area contributed by atoms with E-state index in [9.17, 15) is 9.59 Å². The van der Waals surface area contributed by atoms with Gasteiger partial charge in [0.05, 0.1) is 3.57 Å². The average Bonchev–Trinajstić information content (AvgIpc) is 2.59. The van der Waals surface area contributed by atoms with Crippen molar-refractivity contribution in [2.75, 3.05) is 0 Å². The fourth-order valence-electron chi connectivity index (χ4n) is 1.99. The molecule has 2 aromatic carbocycles. The number of rotatable bonds is 5. The monoisotopic (exact) mass is 481 g/mol. The van der Waals surface area contributed by atoms with Gasteiger partial charge in [0.15, 0.2) is 0 Å². The molecule has 0 heterocycles. The highest BCUT2D eigenvalue weighted by atomic mass is 127. The third-order valence-corrected chi connectivity index (χ3v) is 4.42. The number of urea groups is 1. The predicted octanol–water partition coefficient (Wildman–Crippen LogP) is 3.63. The summed E-state index contributed by atoms with van der Waals surface area (Å²) in [7, 11) is 0. The molecule has 0 aliphatic heterocycles. The van der Waals surface area contributed by atoms with Crippen LogP contribution in [-0.2, 0) is 11.4 Å². The van der Waals surface area contributed by atoms with Crippen molar-refractivity contribution in [1.82, 2.24) is 5.32 Å². The van der Waals surface area contributed by atoms with Crippen molar-refractivity contribution in [2.45, 2.75) is 6.61 Å². The van der Waals surface area contributed by atoms with E-state index >= 15 is 0 Å². The topological polar surface area (TPSA) is 105 Å². The zero-order valence-electron chi connectivity index (χ0n) is 13.3. The van der Waals surface area contributed by atoms with Gasteiger partial charge in [0.25, 0.3) is 5.91 Å².